The standard InChI is InChI=1S/C16H22ClFN2O2/c1-10(21)8-13-4-3-7-20(13)11(2)16(22)19-15-6-5-12(18)9-14(15)17/h5-6,9-11,13,21H,3-4,7-8H2,1-2H3,(H,19,22). The number of amides is 1. The zero-order valence-corrected chi connectivity index (χ0v) is 13.6. The van der Waals surface area contributed by atoms with Gasteiger partial charge in [-0.3, -0.25) is 9.69 Å². The average molecular weight is 329 g/mol. The Bertz CT molecular complexity index is 539. The molecule has 0 radical (unpaired) electrons. The average Bonchev–Trinajstić information content (AvgIpc) is 2.88. The minimum absolute atomic E-state index is 0.175. The van der Waals surface area contributed by atoms with Gasteiger partial charge in [0.1, 0.15) is 5.82 Å². The summed E-state index contributed by atoms with van der Waals surface area (Å²) in [5, 5.41) is 12.5. The van der Waals surface area contributed by atoms with Gasteiger partial charge in [0.25, 0.3) is 0 Å². The normalized spacial score (nSPS) is 21.6. The molecule has 0 aromatic heterocycles. The number of aliphatic hydroxyl groups is 1. The van der Waals surface area contributed by atoms with Crippen LogP contribution in [0.25, 0.3) is 0 Å². The minimum atomic E-state index is -0.437. The molecular formula is C16H22ClFN2O2. The Morgan fingerprint density at radius 3 is 2.91 bits per heavy atom. The second-order valence-corrected chi connectivity index (χ2v) is 6.32. The minimum Gasteiger partial charge on any atom is -0.393 e. The third-order valence-electron chi connectivity index (χ3n) is 4.10. The second-order valence-electron chi connectivity index (χ2n) is 5.91. The summed E-state index contributed by atoms with van der Waals surface area (Å²) in [5.41, 5.74) is 0.409. The summed E-state index contributed by atoms with van der Waals surface area (Å²) in [6.07, 6.45) is 2.29. The zero-order chi connectivity index (χ0) is 16.3. The highest BCUT2D eigenvalue weighted by molar-refractivity contribution is 6.33. The summed E-state index contributed by atoms with van der Waals surface area (Å²) < 4.78 is 13.0. The van der Waals surface area contributed by atoms with Crippen molar-refractivity contribution in [1.29, 1.82) is 0 Å². The second kappa shape index (κ2) is 7.40. The van der Waals surface area contributed by atoms with Crippen LogP contribution < -0.4 is 5.32 Å². The van der Waals surface area contributed by atoms with Crippen LogP contribution in [-0.2, 0) is 4.79 Å². The zero-order valence-electron chi connectivity index (χ0n) is 12.9. The molecule has 1 saturated heterocycles. The van der Waals surface area contributed by atoms with Crippen LogP contribution in [0, 0.1) is 5.82 Å². The van der Waals surface area contributed by atoms with E-state index in [9.17, 15) is 14.3 Å². The fraction of sp³-hybridized carbons (Fsp3) is 0.562. The van der Waals surface area contributed by atoms with Gasteiger partial charge in [-0.2, -0.15) is 0 Å². The van der Waals surface area contributed by atoms with Gasteiger partial charge in [-0.05, 0) is 57.9 Å². The van der Waals surface area contributed by atoms with Gasteiger partial charge in [0.05, 0.1) is 22.9 Å². The molecule has 122 valence electrons. The molecule has 0 bridgehead atoms. The summed E-state index contributed by atoms with van der Waals surface area (Å²) in [6, 6.07) is 3.78. The van der Waals surface area contributed by atoms with E-state index < -0.39 is 5.82 Å². The monoisotopic (exact) mass is 328 g/mol. The summed E-state index contributed by atoms with van der Waals surface area (Å²) >= 11 is 5.93. The molecule has 1 fully saturated rings. The van der Waals surface area contributed by atoms with E-state index in [4.69, 9.17) is 11.6 Å². The maximum atomic E-state index is 13.0. The van der Waals surface area contributed by atoms with Crippen molar-refractivity contribution >= 4 is 23.2 Å². The van der Waals surface area contributed by atoms with Crippen LogP contribution in [0.2, 0.25) is 5.02 Å². The van der Waals surface area contributed by atoms with Crippen LogP contribution in [0.5, 0.6) is 0 Å². The maximum absolute atomic E-state index is 13.0. The first kappa shape index (κ1) is 17.2. The van der Waals surface area contributed by atoms with Gasteiger partial charge in [0.2, 0.25) is 5.91 Å². The largest absolute Gasteiger partial charge is 0.393 e. The van der Waals surface area contributed by atoms with Crippen molar-refractivity contribution in [2.45, 2.75) is 51.3 Å². The number of carbonyl (C=O) groups is 1. The number of carbonyl (C=O) groups excluding carboxylic acids is 1. The molecule has 2 N–H and O–H groups in total. The molecule has 1 aromatic carbocycles. The van der Waals surface area contributed by atoms with E-state index in [-0.39, 0.29) is 29.1 Å². The van der Waals surface area contributed by atoms with E-state index in [1.165, 1.54) is 18.2 Å². The molecule has 0 aliphatic carbocycles. The number of halogens is 2. The molecule has 2 rings (SSSR count). The number of nitrogens with zero attached hydrogens (tertiary/aromatic N) is 1. The summed E-state index contributed by atoms with van der Waals surface area (Å²) in [6.45, 7) is 4.44. The van der Waals surface area contributed by atoms with Crippen molar-refractivity contribution in [2.75, 3.05) is 11.9 Å². The van der Waals surface area contributed by atoms with Gasteiger partial charge in [0, 0.05) is 6.04 Å². The Morgan fingerprint density at radius 1 is 1.55 bits per heavy atom. The number of hydrogen-bond donors (Lipinski definition) is 2. The summed E-state index contributed by atoms with van der Waals surface area (Å²) in [7, 11) is 0. The van der Waals surface area contributed by atoms with Crippen LogP contribution >= 0.6 is 11.6 Å². The topological polar surface area (TPSA) is 52.6 Å². The van der Waals surface area contributed by atoms with E-state index in [0.29, 0.717) is 12.1 Å². The van der Waals surface area contributed by atoms with Gasteiger partial charge < -0.3 is 10.4 Å². The Morgan fingerprint density at radius 2 is 2.27 bits per heavy atom. The fourth-order valence-corrected chi connectivity index (χ4v) is 3.21. The van der Waals surface area contributed by atoms with Gasteiger partial charge in [-0.25, -0.2) is 4.39 Å². The Balaban J connectivity index is 2.02. The van der Waals surface area contributed by atoms with Crippen molar-refractivity contribution < 1.29 is 14.3 Å². The summed E-state index contributed by atoms with van der Waals surface area (Å²) in [5.74, 6) is -0.612. The van der Waals surface area contributed by atoms with Crippen LogP contribution in [0.3, 0.4) is 0 Å². The first-order valence-electron chi connectivity index (χ1n) is 7.58. The predicted octanol–water partition coefficient (Wildman–Crippen LogP) is 3.04. The van der Waals surface area contributed by atoms with Crippen LogP contribution in [0.4, 0.5) is 10.1 Å². The lowest BCUT2D eigenvalue weighted by Gasteiger charge is -2.30. The van der Waals surface area contributed by atoms with Gasteiger partial charge >= 0.3 is 0 Å². The lowest BCUT2D eigenvalue weighted by molar-refractivity contribution is -0.121. The summed E-state index contributed by atoms with van der Waals surface area (Å²) in [4.78, 5) is 14.5. The number of nitrogens with one attached hydrogen (secondary N) is 1. The molecule has 1 aromatic rings. The van der Waals surface area contributed by atoms with Crippen LogP contribution in [0.1, 0.15) is 33.1 Å². The van der Waals surface area contributed by atoms with Crippen molar-refractivity contribution in [2.24, 2.45) is 0 Å². The molecule has 1 amide bonds. The predicted molar refractivity (Wildman–Crippen MR) is 85.5 cm³/mol. The lowest BCUT2D eigenvalue weighted by atomic mass is 10.1. The molecule has 0 saturated carbocycles. The van der Waals surface area contributed by atoms with E-state index in [0.717, 1.165) is 19.4 Å². The smallest absolute Gasteiger partial charge is 0.241 e. The van der Waals surface area contributed by atoms with Crippen LogP contribution in [-0.4, -0.2) is 40.6 Å². The molecule has 1 aliphatic rings. The SMILES string of the molecule is CC(O)CC1CCCN1C(C)C(=O)Nc1ccc(F)cc1Cl. The first-order chi connectivity index (χ1) is 10.4. The van der Waals surface area contributed by atoms with Crippen molar-refractivity contribution in [3.63, 3.8) is 0 Å². The van der Waals surface area contributed by atoms with Gasteiger partial charge in [-0.1, -0.05) is 11.6 Å². The maximum Gasteiger partial charge on any atom is 0.241 e. The first-order valence-corrected chi connectivity index (χ1v) is 7.96. The number of likely N-dealkylation sites (tertiary alicyclic amines) is 1. The van der Waals surface area contributed by atoms with E-state index >= 15 is 0 Å². The third-order valence-corrected chi connectivity index (χ3v) is 4.41. The number of rotatable bonds is 5. The lowest BCUT2D eigenvalue weighted by Crippen LogP contribution is -2.45. The van der Waals surface area contributed by atoms with Crippen molar-refractivity contribution in [1.82, 2.24) is 4.90 Å². The van der Waals surface area contributed by atoms with Crippen molar-refractivity contribution in [3.05, 3.63) is 29.0 Å². The Kier molecular flexibility index (Phi) is 5.78. The number of anilines is 1. The Labute approximate surface area is 135 Å². The highest BCUT2D eigenvalue weighted by Gasteiger charge is 2.32. The van der Waals surface area contributed by atoms with E-state index in [1.807, 2.05) is 6.92 Å². The molecule has 1 heterocycles. The number of benzene rings is 1. The fourth-order valence-electron chi connectivity index (χ4n) is 2.99. The Hall–Kier alpha value is -1.17. The molecular weight excluding hydrogens is 307 g/mol. The highest BCUT2D eigenvalue weighted by atomic mass is 35.5. The van der Waals surface area contributed by atoms with Gasteiger partial charge in [-0.15, -0.1) is 0 Å². The molecule has 6 heteroatoms. The number of hydrogen-bond acceptors (Lipinski definition) is 3. The quantitative estimate of drug-likeness (QED) is 0.873. The van der Waals surface area contributed by atoms with E-state index in [1.54, 1.807) is 6.92 Å². The molecule has 22 heavy (non-hydrogen) atoms. The van der Waals surface area contributed by atoms with E-state index in [2.05, 4.69) is 10.2 Å². The molecule has 3 unspecified atom stereocenters. The highest BCUT2D eigenvalue weighted by Crippen LogP contribution is 2.26. The molecule has 0 spiro atoms. The third kappa shape index (κ3) is 4.18. The van der Waals surface area contributed by atoms with Crippen molar-refractivity contribution in [3.8, 4) is 0 Å². The molecule has 4 nitrogen and oxygen atoms in total. The molecule has 1 aliphatic heterocycles. The number of aliphatic hydroxyl groups excluding tert-OH is 1. The van der Waals surface area contributed by atoms with Crippen LogP contribution in [0.15, 0.2) is 18.2 Å². The van der Waals surface area contributed by atoms with Gasteiger partial charge in [0.15, 0.2) is 0 Å². The molecule has 3 atom stereocenters.